The van der Waals surface area contributed by atoms with Gasteiger partial charge in [0, 0.05) is 10.6 Å². The first-order chi connectivity index (χ1) is 10.5. The Kier molecular flexibility index (Phi) is 3.65. The van der Waals surface area contributed by atoms with Crippen molar-refractivity contribution in [2.24, 2.45) is 0 Å². The molecule has 1 aromatic heterocycles. The first-order valence-electron chi connectivity index (χ1n) is 6.40. The molecule has 0 aliphatic rings. The van der Waals surface area contributed by atoms with Crippen LogP contribution < -0.4 is 0 Å². The molecule has 0 spiro atoms. The summed E-state index contributed by atoms with van der Waals surface area (Å²) in [5.74, 6) is -1.49. The standard InChI is InChI=1S/C16H10ClFN2O2/c17-11-3-7-13(8-4-11)20-15(9-14(19-20)16(21)22)10-1-5-12(18)6-2-10/h1-9H,(H,21,22). The van der Waals surface area contributed by atoms with Gasteiger partial charge in [0.05, 0.1) is 11.4 Å². The Hall–Kier alpha value is -2.66. The van der Waals surface area contributed by atoms with E-state index in [1.807, 2.05) is 0 Å². The minimum absolute atomic E-state index is 0.0886. The maximum absolute atomic E-state index is 13.1. The summed E-state index contributed by atoms with van der Waals surface area (Å²) in [6.45, 7) is 0. The molecule has 0 saturated carbocycles. The van der Waals surface area contributed by atoms with Gasteiger partial charge in [-0.2, -0.15) is 5.10 Å². The smallest absolute Gasteiger partial charge is 0.356 e. The van der Waals surface area contributed by atoms with E-state index >= 15 is 0 Å². The molecule has 4 nitrogen and oxygen atoms in total. The van der Waals surface area contributed by atoms with Crippen LogP contribution >= 0.6 is 11.6 Å². The van der Waals surface area contributed by atoms with Gasteiger partial charge >= 0.3 is 5.97 Å². The van der Waals surface area contributed by atoms with Gasteiger partial charge in [-0.3, -0.25) is 0 Å². The Bertz CT molecular complexity index is 763. The second-order valence-corrected chi connectivity index (χ2v) is 5.05. The Morgan fingerprint density at radius 1 is 1.09 bits per heavy atom. The van der Waals surface area contributed by atoms with Crippen molar-refractivity contribution in [1.82, 2.24) is 9.78 Å². The fourth-order valence-corrected chi connectivity index (χ4v) is 2.22. The van der Waals surface area contributed by atoms with Crippen LogP contribution in [0.2, 0.25) is 5.02 Å². The summed E-state index contributed by atoms with van der Waals surface area (Å²) < 4.78 is 14.6. The zero-order valence-corrected chi connectivity index (χ0v) is 12.0. The van der Waals surface area contributed by atoms with Gasteiger partial charge in [0.15, 0.2) is 5.69 Å². The Balaban J connectivity index is 2.17. The third kappa shape index (κ3) is 2.71. The third-order valence-electron chi connectivity index (χ3n) is 3.14. The molecule has 0 unspecified atom stereocenters. The molecule has 6 heteroatoms. The van der Waals surface area contributed by atoms with Crippen molar-refractivity contribution < 1.29 is 14.3 Å². The van der Waals surface area contributed by atoms with Gasteiger partial charge in [0.25, 0.3) is 0 Å². The fraction of sp³-hybridized carbons (Fsp3) is 0. The summed E-state index contributed by atoms with van der Waals surface area (Å²) in [4.78, 5) is 11.2. The van der Waals surface area contributed by atoms with Gasteiger partial charge < -0.3 is 5.11 Å². The van der Waals surface area contributed by atoms with Gasteiger partial charge in [0.1, 0.15) is 5.82 Å². The van der Waals surface area contributed by atoms with E-state index < -0.39 is 5.97 Å². The molecule has 0 amide bonds. The molecular formula is C16H10ClFN2O2. The number of benzene rings is 2. The summed E-state index contributed by atoms with van der Waals surface area (Å²) in [5.41, 5.74) is 1.79. The predicted octanol–water partition coefficient (Wildman–Crippen LogP) is 4.03. The van der Waals surface area contributed by atoms with Crippen LogP contribution in [0.1, 0.15) is 10.5 Å². The Labute approximate surface area is 130 Å². The summed E-state index contributed by atoms with van der Waals surface area (Å²) in [7, 11) is 0. The zero-order valence-electron chi connectivity index (χ0n) is 11.2. The quantitative estimate of drug-likeness (QED) is 0.793. The molecule has 2 aromatic carbocycles. The lowest BCUT2D eigenvalue weighted by Gasteiger charge is -2.07. The Morgan fingerprint density at radius 3 is 2.32 bits per heavy atom. The number of hydrogen-bond donors (Lipinski definition) is 1. The van der Waals surface area contributed by atoms with E-state index in [2.05, 4.69) is 5.10 Å². The van der Waals surface area contributed by atoms with Gasteiger partial charge in [-0.05, 0) is 54.6 Å². The number of rotatable bonds is 3. The van der Waals surface area contributed by atoms with Crippen LogP contribution in [0.25, 0.3) is 16.9 Å². The van der Waals surface area contributed by atoms with E-state index in [9.17, 15) is 9.18 Å². The monoisotopic (exact) mass is 316 g/mol. The number of halogens is 2. The van der Waals surface area contributed by atoms with Crippen molar-refractivity contribution in [3.63, 3.8) is 0 Å². The number of hydrogen-bond acceptors (Lipinski definition) is 2. The molecular weight excluding hydrogens is 307 g/mol. The van der Waals surface area contributed by atoms with Gasteiger partial charge in [-0.15, -0.1) is 0 Å². The second kappa shape index (κ2) is 5.61. The number of aromatic carboxylic acids is 1. The van der Waals surface area contributed by atoms with Crippen LogP contribution in [0.3, 0.4) is 0 Å². The molecule has 0 bridgehead atoms. The zero-order chi connectivity index (χ0) is 15.7. The minimum atomic E-state index is -1.13. The van der Waals surface area contributed by atoms with Gasteiger partial charge in [0.2, 0.25) is 0 Å². The molecule has 3 rings (SSSR count). The van der Waals surface area contributed by atoms with Crippen molar-refractivity contribution in [3.8, 4) is 16.9 Å². The summed E-state index contributed by atoms with van der Waals surface area (Å²) >= 11 is 5.86. The first-order valence-corrected chi connectivity index (χ1v) is 6.77. The molecule has 110 valence electrons. The normalized spacial score (nSPS) is 10.6. The van der Waals surface area contributed by atoms with Crippen LogP contribution in [0.15, 0.2) is 54.6 Å². The lowest BCUT2D eigenvalue weighted by atomic mass is 10.1. The topological polar surface area (TPSA) is 55.1 Å². The van der Waals surface area contributed by atoms with Gasteiger partial charge in [-0.1, -0.05) is 11.6 Å². The van der Waals surface area contributed by atoms with E-state index in [-0.39, 0.29) is 11.5 Å². The molecule has 0 fully saturated rings. The third-order valence-corrected chi connectivity index (χ3v) is 3.39. The van der Waals surface area contributed by atoms with Crippen molar-refractivity contribution in [1.29, 1.82) is 0 Å². The van der Waals surface area contributed by atoms with Crippen LogP contribution in [-0.2, 0) is 0 Å². The van der Waals surface area contributed by atoms with Crippen molar-refractivity contribution in [2.75, 3.05) is 0 Å². The molecule has 0 aliphatic heterocycles. The molecule has 0 radical (unpaired) electrons. The number of carbonyl (C=O) groups is 1. The predicted molar refractivity (Wildman–Crippen MR) is 80.9 cm³/mol. The maximum atomic E-state index is 13.1. The number of carboxylic acids is 1. The van der Waals surface area contributed by atoms with E-state index in [0.29, 0.717) is 22.0 Å². The lowest BCUT2D eigenvalue weighted by Crippen LogP contribution is -2.02. The lowest BCUT2D eigenvalue weighted by molar-refractivity contribution is 0.0690. The van der Waals surface area contributed by atoms with Crippen LogP contribution in [-0.4, -0.2) is 20.9 Å². The maximum Gasteiger partial charge on any atom is 0.356 e. The SMILES string of the molecule is O=C(O)c1cc(-c2ccc(F)cc2)n(-c2ccc(Cl)cc2)n1. The molecule has 22 heavy (non-hydrogen) atoms. The Morgan fingerprint density at radius 2 is 1.73 bits per heavy atom. The molecule has 0 atom stereocenters. The van der Waals surface area contributed by atoms with Crippen molar-refractivity contribution in [2.45, 2.75) is 0 Å². The van der Waals surface area contributed by atoms with Gasteiger partial charge in [-0.25, -0.2) is 13.9 Å². The summed E-state index contributed by atoms with van der Waals surface area (Å²) in [5, 5.41) is 13.8. The summed E-state index contributed by atoms with van der Waals surface area (Å²) in [6, 6.07) is 14.1. The van der Waals surface area contributed by atoms with E-state index in [0.717, 1.165) is 0 Å². The molecule has 0 aliphatic carbocycles. The number of aromatic nitrogens is 2. The van der Waals surface area contributed by atoms with Crippen LogP contribution in [0.4, 0.5) is 4.39 Å². The van der Waals surface area contributed by atoms with Crippen LogP contribution in [0, 0.1) is 5.82 Å². The highest BCUT2D eigenvalue weighted by atomic mass is 35.5. The second-order valence-electron chi connectivity index (χ2n) is 4.62. The van der Waals surface area contributed by atoms with Crippen molar-refractivity contribution >= 4 is 17.6 Å². The fourth-order valence-electron chi connectivity index (χ4n) is 2.09. The average Bonchev–Trinajstić information content (AvgIpc) is 2.94. The van der Waals surface area contributed by atoms with Crippen LogP contribution in [0.5, 0.6) is 0 Å². The van der Waals surface area contributed by atoms with E-state index in [1.165, 1.54) is 22.9 Å². The highest BCUT2D eigenvalue weighted by Gasteiger charge is 2.16. The van der Waals surface area contributed by atoms with E-state index in [1.54, 1.807) is 36.4 Å². The summed E-state index contributed by atoms with van der Waals surface area (Å²) in [6.07, 6.45) is 0. The van der Waals surface area contributed by atoms with E-state index in [4.69, 9.17) is 16.7 Å². The average molecular weight is 317 g/mol. The number of nitrogens with zero attached hydrogens (tertiary/aromatic N) is 2. The highest BCUT2D eigenvalue weighted by molar-refractivity contribution is 6.30. The highest BCUT2D eigenvalue weighted by Crippen LogP contribution is 2.25. The molecule has 3 aromatic rings. The molecule has 0 saturated heterocycles. The van der Waals surface area contributed by atoms with Crippen molar-refractivity contribution in [3.05, 3.63) is 71.1 Å². The number of carboxylic acid groups (broad SMARTS) is 1. The molecule has 1 N–H and O–H groups in total. The first kappa shape index (κ1) is 14.3. The largest absolute Gasteiger partial charge is 0.476 e. The minimum Gasteiger partial charge on any atom is -0.476 e. The molecule has 1 heterocycles.